The van der Waals surface area contributed by atoms with E-state index >= 15 is 0 Å². The second-order valence-electron chi connectivity index (χ2n) is 3.82. The first kappa shape index (κ1) is 14.8. The minimum absolute atomic E-state index is 0.0438. The van der Waals surface area contributed by atoms with Crippen molar-refractivity contribution in [2.24, 2.45) is 0 Å². The van der Waals surface area contributed by atoms with Crippen LogP contribution in [0.25, 0.3) is 0 Å². The topological polar surface area (TPSA) is 49.8 Å². The molecular formula is C13H18ClNO3. The maximum Gasteiger partial charge on any atom is 0.260 e. The zero-order valence-electron chi connectivity index (χ0n) is 10.4. The van der Waals surface area contributed by atoms with Crippen LogP contribution >= 0.6 is 11.6 Å². The van der Waals surface area contributed by atoms with Gasteiger partial charge in [0.1, 0.15) is 5.75 Å². The van der Waals surface area contributed by atoms with Crippen LogP contribution in [0, 0.1) is 0 Å². The van der Waals surface area contributed by atoms with Crippen LogP contribution in [0.3, 0.4) is 0 Å². The van der Waals surface area contributed by atoms with Gasteiger partial charge in [-0.3, -0.25) is 4.79 Å². The van der Waals surface area contributed by atoms with Gasteiger partial charge in [-0.2, -0.15) is 0 Å². The first-order valence-electron chi connectivity index (χ1n) is 5.95. The SMILES string of the molecule is CCCN(CCO)C(=O)COc1ccccc1Cl. The summed E-state index contributed by atoms with van der Waals surface area (Å²) in [6.45, 7) is 2.82. The van der Waals surface area contributed by atoms with Gasteiger partial charge in [-0.05, 0) is 18.6 Å². The first-order chi connectivity index (χ1) is 8.69. The first-order valence-corrected chi connectivity index (χ1v) is 6.32. The average Bonchev–Trinajstić information content (AvgIpc) is 2.37. The number of hydrogen-bond donors (Lipinski definition) is 1. The molecule has 0 atom stereocenters. The third-order valence-electron chi connectivity index (χ3n) is 2.40. The molecule has 0 fully saturated rings. The molecule has 4 nitrogen and oxygen atoms in total. The van der Waals surface area contributed by atoms with Crippen molar-refractivity contribution in [3.05, 3.63) is 29.3 Å². The summed E-state index contributed by atoms with van der Waals surface area (Å²) in [6, 6.07) is 7.01. The number of ether oxygens (including phenoxy) is 1. The van der Waals surface area contributed by atoms with Gasteiger partial charge in [0.05, 0.1) is 11.6 Å². The van der Waals surface area contributed by atoms with E-state index in [1.807, 2.05) is 6.92 Å². The predicted molar refractivity (Wildman–Crippen MR) is 70.9 cm³/mol. The van der Waals surface area contributed by atoms with Crippen LogP contribution in [0.2, 0.25) is 5.02 Å². The van der Waals surface area contributed by atoms with Crippen LogP contribution in [-0.4, -0.2) is 42.2 Å². The lowest BCUT2D eigenvalue weighted by Crippen LogP contribution is -2.37. The lowest BCUT2D eigenvalue weighted by Gasteiger charge is -2.21. The Bertz CT molecular complexity index is 378. The number of rotatable bonds is 7. The molecule has 18 heavy (non-hydrogen) atoms. The van der Waals surface area contributed by atoms with E-state index in [1.165, 1.54) is 0 Å². The number of benzene rings is 1. The highest BCUT2D eigenvalue weighted by Crippen LogP contribution is 2.22. The van der Waals surface area contributed by atoms with Crippen LogP contribution < -0.4 is 4.74 Å². The molecule has 100 valence electrons. The molecular weight excluding hydrogens is 254 g/mol. The number of carbonyl (C=O) groups is 1. The lowest BCUT2D eigenvalue weighted by molar-refractivity contribution is -0.133. The lowest BCUT2D eigenvalue weighted by atomic mass is 10.3. The Hall–Kier alpha value is -1.26. The highest BCUT2D eigenvalue weighted by atomic mass is 35.5. The highest BCUT2D eigenvalue weighted by Gasteiger charge is 2.13. The molecule has 1 aromatic carbocycles. The van der Waals surface area contributed by atoms with E-state index in [0.29, 0.717) is 23.9 Å². The molecule has 1 rings (SSSR count). The van der Waals surface area contributed by atoms with Crippen LogP contribution in [-0.2, 0) is 4.79 Å². The monoisotopic (exact) mass is 271 g/mol. The van der Waals surface area contributed by atoms with Crippen LogP contribution in [0.5, 0.6) is 5.75 Å². The summed E-state index contributed by atoms with van der Waals surface area (Å²) in [5.74, 6) is 0.346. The summed E-state index contributed by atoms with van der Waals surface area (Å²) in [5, 5.41) is 9.37. The molecule has 0 spiro atoms. The van der Waals surface area contributed by atoms with E-state index < -0.39 is 0 Å². The highest BCUT2D eigenvalue weighted by molar-refractivity contribution is 6.32. The second-order valence-corrected chi connectivity index (χ2v) is 4.23. The zero-order valence-corrected chi connectivity index (χ0v) is 11.2. The quantitative estimate of drug-likeness (QED) is 0.825. The number of para-hydroxylation sites is 1. The summed E-state index contributed by atoms with van der Waals surface area (Å²) in [4.78, 5) is 13.4. The summed E-state index contributed by atoms with van der Waals surface area (Å²) in [6.07, 6.45) is 0.845. The molecule has 0 unspecified atom stereocenters. The molecule has 1 aromatic rings. The van der Waals surface area contributed by atoms with Crippen molar-refractivity contribution >= 4 is 17.5 Å². The fraction of sp³-hybridized carbons (Fsp3) is 0.462. The van der Waals surface area contributed by atoms with Gasteiger partial charge in [-0.15, -0.1) is 0 Å². The van der Waals surface area contributed by atoms with E-state index in [1.54, 1.807) is 29.2 Å². The van der Waals surface area contributed by atoms with Gasteiger partial charge in [0, 0.05) is 13.1 Å². The van der Waals surface area contributed by atoms with Gasteiger partial charge < -0.3 is 14.7 Å². The van der Waals surface area contributed by atoms with Gasteiger partial charge in [0.25, 0.3) is 5.91 Å². The molecule has 0 aromatic heterocycles. The van der Waals surface area contributed by atoms with Crippen LogP contribution in [0.4, 0.5) is 0 Å². The van der Waals surface area contributed by atoms with E-state index in [-0.39, 0.29) is 19.1 Å². The molecule has 0 heterocycles. The number of aliphatic hydroxyl groups is 1. The van der Waals surface area contributed by atoms with Gasteiger partial charge in [0.2, 0.25) is 0 Å². The smallest absolute Gasteiger partial charge is 0.260 e. The molecule has 0 saturated heterocycles. The summed E-state index contributed by atoms with van der Waals surface area (Å²) < 4.78 is 5.37. The van der Waals surface area contributed by atoms with Crippen LogP contribution in [0.15, 0.2) is 24.3 Å². The Morgan fingerprint density at radius 1 is 1.39 bits per heavy atom. The number of halogens is 1. The normalized spacial score (nSPS) is 10.2. The Labute approximate surface area is 112 Å². The van der Waals surface area contributed by atoms with Crippen molar-refractivity contribution in [3.63, 3.8) is 0 Å². The van der Waals surface area contributed by atoms with Crippen molar-refractivity contribution < 1.29 is 14.6 Å². The number of nitrogens with zero attached hydrogens (tertiary/aromatic N) is 1. The Morgan fingerprint density at radius 3 is 2.72 bits per heavy atom. The van der Waals surface area contributed by atoms with Crippen molar-refractivity contribution in [2.75, 3.05) is 26.3 Å². The predicted octanol–water partition coefficient (Wildman–Crippen LogP) is 1.95. The van der Waals surface area contributed by atoms with Gasteiger partial charge in [0.15, 0.2) is 6.61 Å². The summed E-state index contributed by atoms with van der Waals surface area (Å²) in [5.41, 5.74) is 0. The number of hydrogen-bond acceptors (Lipinski definition) is 3. The Kier molecular flexibility index (Phi) is 6.54. The summed E-state index contributed by atoms with van der Waals surface area (Å²) >= 11 is 5.92. The van der Waals surface area contributed by atoms with E-state index in [0.717, 1.165) is 6.42 Å². The number of carbonyl (C=O) groups excluding carboxylic acids is 1. The molecule has 0 bridgehead atoms. The van der Waals surface area contributed by atoms with Gasteiger partial charge in [-0.1, -0.05) is 30.7 Å². The fourth-order valence-electron chi connectivity index (χ4n) is 1.54. The van der Waals surface area contributed by atoms with E-state index in [9.17, 15) is 4.79 Å². The van der Waals surface area contributed by atoms with E-state index in [4.69, 9.17) is 21.4 Å². The van der Waals surface area contributed by atoms with Crippen LogP contribution in [0.1, 0.15) is 13.3 Å². The number of aliphatic hydroxyl groups excluding tert-OH is 1. The zero-order chi connectivity index (χ0) is 13.4. The minimum atomic E-state index is -0.147. The second kappa shape index (κ2) is 7.95. The average molecular weight is 272 g/mol. The molecule has 0 radical (unpaired) electrons. The van der Waals surface area contributed by atoms with Crippen molar-refractivity contribution in [1.29, 1.82) is 0 Å². The van der Waals surface area contributed by atoms with E-state index in [2.05, 4.69) is 0 Å². The maximum absolute atomic E-state index is 11.9. The molecule has 5 heteroatoms. The molecule has 0 saturated carbocycles. The third kappa shape index (κ3) is 4.55. The maximum atomic E-state index is 11.9. The van der Waals surface area contributed by atoms with Gasteiger partial charge >= 0.3 is 0 Å². The standard InChI is InChI=1S/C13H18ClNO3/c1-2-7-15(8-9-16)13(17)10-18-12-6-4-3-5-11(12)14/h3-6,16H,2,7-10H2,1H3. The van der Waals surface area contributed by atoms with Crippen molar-refractivity contribution in [3.8, 4) is 5.75 Å². The third-order valence-corrected chi connectivity index (χ3v) is 2.72. The largest absolute Gasteiger partial charge is 0.482 e. The molecule has 0 aliphatic carbocycles. The van der Waals surface area contributed by atoms with Crippen molar-refractivity contribution in [1.82, 2.24) is 4.90 Å². The molecule has 0 aliphatic heterocycles. The number of amides is 1. The van der Waals surface area contributed by atoms with Gasteiger partial charge in [-0.25, -0.2) is 0 Å². The molecule has 1 N–H and O–H groups in total. The fourth-order valence-corrected chi connectivity index (χ4v) is 1.73. The minimum Gasteiger partial charge on any atom is -0.482 e. The Balaban J connectivity index is 2.51. The molecule has 0 aliphatic rings. The Morgan fingerprint density at radius 2 is 2.11 bits per heavy atom. The molecule has 1 amide bonds. The van der Waals surface area contributed by atoms with Crippen molar-refractivity contribution in [2.45, 2.75) is 13.3 Å². The summed E-state index contributed by atoms with van der Waals surface area (Å²) in [7, 11) is 0.